The number of carbonyl (C=O) groups is 3. The van der Waals surface area contributed by atoms with Gasteiger partial charge in [0.15, 0.2) is 0 Å². The Balaban J connectivity index is 1.58. The van der Waals surface area contributed by atoms with E-state index >= 15 is 0 Å². The van der Waals surface area contributed by atoms with Gasteiger partial charge in [-0.25, -0.2) is 0 Å². The molecule has 8 nitrogen and oxygen atoms in total. The van der Waals surface area contributed by atoms with Crippen molar-refractivity contribution in [1.82, 2.24) is 10.2 Å². The molecule has 0 spiro atoms. The molecule has 2 aromatic carbocycles. The first kappa shape index (κ1) is 23.5. The molecule has 0 aliphatic carbocycles. The van der Waals surface area contributed by atoms with E-state index in [9.17, 15) is 24.5 Å². The third-order valence-corrected chi connectivity index (χ3v) is 6.16. The number of hydrogen-bond acceptors (Lipinski definition) is 6. The van der Waals surface area contributed by atoms with Gasteiger partial charge in [-0.05, 0) is 60.0 Å². The molecule has 32 heavy (non-hydrogen) atoms. The molecule has 0 bridgehead atoms. The van der Waals surface area contributed by atoms with E-state index in [0.29, 0.717) is 5.56 Å². The lowest BCUT2D eigenvalue weighted by Crippen LogP contribution is -2.37. The molecule has 0 radical (unpaired) electrons. The van der Waals surface area contributed by atoms with Crippen LogP contribution in [0.5, 0.6) is 0 Å². The van der Waals surface area contributed by atoms with E-state index in [1.165, 1.54) is 24.3 Å². The number of imide groups is 1. The topological polar surface area (TPSA) is 110 Å². The van der Waals surface area contributed by atoms with Crippen LogP contribution in [0.3, 0.4) is 0 Å². The monoisotopic (exact) mass is 473 g/mol. The predicted octanol–water partition coefficient (Wildman–Crippen LogP) is 4.26. The number of benzene rings is 2. The largest absolute Gasteiger partial charge is 0.354 e. The summed E-state index contributed by atoms with van der Waals surface area (Å²) in [5, 5.41) is 13.3. The highest BCUT2D eigenvalue weighted by atomic mass is 35.5. The maximum atomic E-state index is 12.6. The zero-order valence-corrected chi connectivity index (χ0v) is 19.0. The summed E-state index contributed by atoms with van der Waals surface area (Å²) in [6.07, 6.45) is 1.62. The molecule has 1 heterocycles. The van der Waals surface area contributed by atoms with E-state index in [4.69, 9.17) is 11.6 Å². The fourth-order valence-electron chi connectivity index (χ4n) is 3.07. The van der Waals surface area contributed by atoms with Crippen molar-refractivity contribution >= 4 is 52.2 Å². The Labute approximate surface area is 193 Å². The zero-order valence-electron chi connectivity index (χ0n) is 17.4. The molecule has 166 valence electrons. The Bertz CT molecular complexity index is 1150. The molecule has 0 unspecified atom stereocenters. The molecule has 2 aromatic rings. The highest BCUT2D eigenvalue weighted by Gasteiger charge is 2.34. The van der Waals surface area contributed by atoms with Crippen LogP contribution in [-0.2, 0) is 16.0 Å². The van der Waals surface area contributed by atoms with Crippen LogP contribution in [0.1, 0.15) is 22.3 Å². The summed E-state index contributed by atoms with van der Waals surface area (Å²) in [7, 11) is 0. The van der Waals surface area contributed by atoms with Gasteiger partial charge in [0.1, 0.15) is 5.02 Å². The maximum absolute atomic E-state index is 12.6. The Morgan fingerprint density at radius 3 is 2.62 bits per heavy atom. The third-order valence-electron chi connectivity index (χ3n) is 4.93. The summed E-state index contributed by atoms with van der Waals surface area (Å²) in [6, 6.07) is 9.93. The van der Waals surface area contributed by atoms with E-state index < -0.39 is 16.1 Å². The van der Waals surface area contributed by atoms with Crippen LogP contribution < -0.4 is 5.32 Å². The van der Waals surface area contributed by atoms with Crippen molar-refractivity contribution in [3.63, 3.8) is 0 Å². The van der Waals surface area contributed by atoms with Gasteiger partial charge in [-0.15, -0.1) is 0 Å². The van der Waals surface area contributed by atoms with Crippen LogP contribution in [0.2, 0.25) is 5.02 Å². The first-order valence-corrected chi connectivity index (χ1v) is 10.9. The summed E-state index contributed by atoms with van der Waals surface area (Å²) < 4.78 is 0. The van der Waals surface area contributed by atoms with E-state index in [-0.39, 0.29) is 41.0 Å². The van der Waals surface area contributed by atoms with Crippen molar-refractivity contribution < 1.29 is 19.3 Å². The van der Waals surface area contributed by atoms with Gasteiger partial charge in [-0.1, -0.05) is 35.9 Å². The van der Waals surface area contributed by atoms with Crippen molar-refractivity contribution in [2.75, 3.05) is 13.1 Å². The normalized spacial score (nSPS) is 14.8. The number of carbonyl (C=O) groups excluding carboxylic acids is 3. The number of hydrogen-bond donors (Lipinski definition) is 1. The average Bonchev–Trinajstić information content (AvgIpc) is 2.99. The van der Waals surface area contributed by atoms with Gasteiger partial charge in [-0.3, -0.25) is 29.4 Å². The molecular weight excluding hydrogens is 454 g/mol. The van der Waals surface area contributed by atoms with Crippen LogP contribution in [0.15, 0.2) is 41.3 Å². The van der Waals surface area contributed by atoms with Crippen molar-refractivity contribution in [2.45, 2.75) is 20.3 Å². The zero-order chi connectivity index (χ0) is 23.4. The SMILES string of the molecule is Cc1ccc(CC(=O)NCCN2C(=O)S/C(=C\c3ccc(Cl)c([N+](=O)[O-])c3)C2=O)cc1C. The smallest absolute Gasteiger partial charge is 0.293 e. The predicted molar refractivity (Wildman–Crippen MR) is 123 cm³/mol. The number of nitrogens with zero attached hydrogens (tertiary/aromatic N) is 2. The standard InChI is InChI=1S/C22H20ClN3O5S/c1-13-3-4-15(9-14(13)2)12-20(27)24-7-8-25-21(28)19(32-22(25)29)11-16-5-6-17(23)18(10-16)26(30)31/h3-6,9-11H,7-8,12H2,1-2H3,(H,24,27)/b19-11-. The average molecular weight is 474 g/mol. The van der Waals surface area contributed by atoms with Gasteiger partial charge in [0.2, 0.25) is 5.91 Å². The van der Waals surface area contributed by atoms with Crippen molar-refractivity contribution in [3.8, 4) is 0 Å². The first-order chi connectivity index (χ1) is 15.2. The first-order valence-electron chi connectivity index (χ1n) is 9.68. The van der Waals surface area contributed by atoms with Gasteiger partial charge >= 0.3 is 0 Å². The molecule has 1 aliphatic heterocycles. The summed E-state index contributed by atoms with van der Waals surface area (Å²) >= 11 is 6.54. The number of amides is 3. The lowest BCUT2D eigenvalue weighted by molar-refractivity contribution is -0.384. The molecule has 1 aliphatic rings. The van der Waals surface area contributed by atoms with Crippen molar-refractivity contribution in [3.05, 3.63) is 78.7 Å². The Morgan fingerprint density at radius 1 is 1.19 bits per heavy atom. The number of aryl methyl sites for hydroxylation is 2. The van der Waals surface area contributed by atoms with Gasteiger partial charge in [0.05, 0.1) is 16.2 Å². The molecule has 1 fully saturated rings. The number of nitro groups is 1. The maximum Gasteiger partial charge on any atom is 0.293 e. The highest BCUT2D eigenvalue weighted by molar-refractivity contribution is 8.18. The van der Waals surface area contributed by atoms with E-state index in [1.54, 1.807) is 0 Å². The second kappa shape index (κ2) is 9.97. The summed E-state index contributed by atoms with van der Waals surface area (Å²) in [6.45, 7) is 4.13. The molecule has 1 saturated heterocycles. The van der Waals surface area contributed by atoms with Gasteiger partial charge in [-0.2, -0.15) is 0 Å². The lowest BCUT2D eigenvalue weighted by Gasteiger charge is -2.13. The van der Waals surface area contributed by atoms with Crippen LogP contribution in [0.25, 0.3) is 6.08 Å². The number of thioether (sulfide) groups is 1. The Kier molecular flexibility index (Phi) is 7.32. The molecule has 3 amide bonds. The summed E-state index contributed by atoms with van der Waals surface area (Å²) in [5.74, 6) is -0.717. The van der Waals surface area contributed by atoms with Gasteiger partial charge < -0.3 is 5.32 Å². The van der Waals surface area contributed by atoms with E-state index in [1.807, 2.05) is 32.0 Å². The minimum atomic E-state index is -0.619. The quantitative estimate of drug-likeness (QED) is 0.365. The number of halogens is 1. The van der Waals surface area contributed by atoms with Crippen LogP contribution in [0.4, 0.5) is 10.5 Å². The summed E-state index contributed by atoms with van der Waals surface area (Å²) in [5.41, 5.74) is 3.23. The number of rotatable bonds is 7. The number of nitro benzene ring substituents is 1. The van der Waals surface area contributed by atoms with Gasteiger partial charge in [0.25, 0.3) is 16.8 Å². The third kappa shape index (κ3) is 5.54. The van der Waals surface area contributed by atoms with E-state index in [0.717, 1.165) is 33.4 Å². The number of nitrogens with one attached hydrogen (secondary N) is 1. The Hall–Kier alpha value is -3.17. The molecule has 0 aromatic heterocycles. The van der Waals surface area contributed by atoms with E-state index in [2.05, 4.69) is 5.32 Å². The molecule has 0 saturated carbocycles. The second-order valence-corrected chi connectivity index (χ2v) is 8.65. The van der Waals surface area contributed by atoms with Crippen molar-refractivity contribution in [2.24, 2.45) is 0 Å². The van der Waals surface area contributed by atoms with Crippen LogP contribution in [0, 0.1) is 24.0 Å². The second-order valence-electron chi connectivity index (χ2n) is 7.25. The van der Waals surface area contributed by atoms with Gasteiger partial charge in [0, 0.05) is 19.2 Å². The fraction of sp³-hybridized carbons (Fsp3) is 0.227. The lowest BCUT2D eigenvalue weighted by atomic mass is 10.0. The highest BCUT2D eigenvalue weighted by Crippen LogP contribution is 2.33. The van der Waals surface area contributed by atoms with Crippen molar-refractivity contribution in [1.29, 1.82) is 0 Å². The molecule has 3 rings (SSSR count). The minimum absolute atomic E-state index is 0.0169. The van der Waals surface area contributed by atoms with Crippen LogP contribution >= 0.6 is 23.4 Å². The summed E-state index contributed by atoms with van der Waals surface area (Å²) in [4.78, 5) is 48.6. The molecule has 1 N–H and O–H groups in total. The Morgan fingerprint density at radius 2 is 1.94 bits per heavy atom. The minimum Gasteiger partial charge on any atom is -0.354 e. The molecule has 10 heteroatoms. The molecular formula is C22H20ClN3O5S. The van der Waals surface area contributed by atoms with Crippen LogP contribution in [-0.4, -0.2) is 40.0 Å². The molecule has 0 atom stereocenters. The fourth-order valence-corrected chi connectivity index (χ4v) is 4.12.